The van der Waals surface area contributed by atoms with Gasteiger partial charge in [0.25, 0.3) is 0 Å². The lowest BCUT2D eigenvalue weighted by atomic mass is 9.85. The van der Waals surface area contributed by atoms with Crippen molar-refractivity contribution in [2.45, 2.75) is 17.4 Å². The van der Waals surface area contributed by atoms with Crippen LogP contribution in [0.3, 0.4) is 0 Å². The monoisotopic (exact) mass is 533 g/mol. The van der Waals surface area contributed by atoms with Gasteiger partial charge in [0.2, 0.25) is 10.0 Å². The highest BCUT2D eigenvalue weighted by Crippen LogP contribution is 2.32. The maximum absolute atomic E-state index is 12.4. The van der Waals surface area contributed by atoms with Gasteiger partial charge in [0.1, 0.15) is 11.4 Å². The first-order valence-corrected chi connectivity index (χ1v) is 13.7. The molecule has 0 aliphatic heterocycles. The number of rotatable bonds is 8. The van der Waals surface area contributed by atoms with Crippen molar-refractivity contribution >= 4 is 10.0 Å². The summed E-state index contributed by atoms with van der Waals surface area (Å²) in [5.41, 5.74) is 0.725. The minimum absolute atomic E-state index is 0.110. The number of para-hydroxylation sites is 1. The van der Waals surface area contributed by atoms with Crippen LogP contribution >= 0.6 is 0 Å². The highest BCUT2D eigenvalue weighted by atomic mass is 32.2. The lowest BCUT2D eigenvalue weighted by Crippen LogP contribution is -2.25. The first-order chi connectivity index (χ1) is 18.9. The zero-order chi connectivity index (χ0) is 27.6. The third kappa shape index (κ3) is 7.47. The van der Waals surface area contributed by atoms with Crippen LogP contribution in [0.25, 0.3) is 0 Å². The van der Waals surface area contributed by atoms with Crippen LogP contribution in [0.4, 0.5) is 0 Å². The SMILES string of the molecule is Cc1ccc(S(=O)(=O)NCC#CC#C/C(=C/C(O)(c2ccccc2)c2ccccc2)Oc2ccccc2)cc1. The number of hydrogen-bond donors (Lipinski definition) is 2. The molecule has 0 amide bonds. The Labute approximate surface area is 229 Å². The van der Waals surface area contributed by atoms with Gasteiger partial charge in [-0.15, -0.1) is 0 Å². The average Bonchev–Trinajstić information content (AvgIpc) is 2.96. The van der Waals surface area contributed by atoms with Crippen LogP contribution in [0.2, 0.25) is 0 Å². The van der Waals surface area contributed by atoms with E-state index in [1.54, 1.807) is 42.5 Å². The van der Waals surface area contributed by atoms with Gasteiger partial charge >= 0.3 is 0 Å². The summed E-state index contributed by atoms with van der Waals surface area (Å²) in [7, 11) is -3.68. The first kappa shape index (κ1) is 27.4. The van der Waals surface area contributed by atoms with E-state index < -0.39 is 15.6 Å². The highest BCUT2D eigenvalue weighted by molar-refractivity contribution is 7.89. The number of ether oxygens (including phenoxy) is 1. The maximum atomic E-state index is 12.4. The summed E-state index contributed by atoms with van der Waals surface area (Å²) in [5, 5.41) is 11.9. The van der Waals surface area contributed by atoms with Crippen molar-refractivity contribution in [2.75, 3.05) is 6.54 Å². The summed E-state index contributed by atoms with van der Waals surface area (Å²) < 4.78 is 33.4. The number of hydrogen-bond acceptors (Lipinski definition) is 4. The van der Waals surface area contributed by atoms with Gasteiger partial charge in [-0.1, -0.05) is 102 Å². The first-order valence-electron chi connectivity index (χ1n) is 12.2. The largest absolute Gasteiger partial charge is 0.449 e. The van der Waals surface area contributed by atoms with Gasteiger partial charge in [-0.3, -0.25) is 0 Å². The molecule has 0 saturated carbocycles. The second-order valence-corrected chi connectivity index (χ2v) is 10.4. The number of benzene rings is 4. The van der Waals surface area contributed by atoms with Gasteiger partial charge in [-0.2, -0.15) is 4.72 Å². The van der Waals surface area contributed by atoms with Gasteiger partial charge in [0.05, 0.1) is 11.4 Å². The Bertz CT molecular complexity index is 1600. The predicted molar refractivity (Wildman–Crippen MR) is 153 cm³/mol. The molecule has 4 rings (SSSR count). The Morgan fingerprint density at radius 1 is 0.821 bits per heavy atom. The Kier molecular flexibility index (Phi) is 8.99. The molecule has 0 spiro atoms. The third-order valence-corrected chi connectivity index (χ3v) is 7.17. The molecule has 4 aromatic carbocycles. The summed E-state index contributed by atoms with van der Waals surface area (Å²) in [6.45, 7) is 1.78. The van der Waals surface area contributed by atoms with E-state index in [0.717, 1.165) is 5.56 Å². The van der Waals surface area contributed by atoms with Gasteiger partial charge in [0.15, 0.2) is 5.76 Å². The summed E-state index contributed by atoms with van der Waals surface area (Å²) in [6.07, 6.45) is 1.56. The summed E-state index contributed by atoms with van der Waals surface area (Å²) in [4.78, 5) is 0.170. The number of aliphatic hydroxyl groups is 1. The predicted octanol–water partition coefficient (Wildman–Crippen LogP) is 5.18. The molecule has 194 valence electrons. The molecular formula is C33H27NO4S. The molecule has 6 heteroatoms. The van der Waals surface area contributed by atoms with Crippen molar-refractivity contribution in [1.29, 1.82) is 0 Å². The molecule has 0 heterocycles. The standard InChI is InChI=1S/C33H27NO4S/c1-27-21-23-32(24-22-27)39(36,37)34-25-13-5-12-20-31(38-30-18-10-4-11-19-30)26-33(35,28-14-6-2-7-15-28)29-16-8-3-9-17-29/h2-4,6-11,14-19,21-24,26,34-35H,25H2,1H3/b31-26-. The van der Waals surface area contributed by atoms with Crippen LogP contribution < -0.4 is 9.46 Å². The Morgan fingerprint density at radius 2 is 1.36 bits per heavy atom. The summed E-state index contributed by atoms with van der Waals surface area (Å²) >= 11 is 0. The van der Waals surface area contributed by atoms with Crippen molar-refractivity contribution in [2.24, 2.45) is 0 Å². The Morgan fingerprint density at radius 3 is 1.92 bits per heavy atom. The summed E-state index contributed by atoms with van der Waals surface area (Å²) in [6, 6.07) is 34.1. The highest BCUT2D eigenvalue weighted by Gasteiger charge is 2.30. The normalized spacial score (nSPS) is 11.5. The quantitative estimate of drug-likeness (QED) is 0.242. The van der Waals surface area contributed by atoms with Crippen LogP contribution in [-0.4, -0.2) is 20.1 Å². The van der Waals surface area contributed by atoms with Crippen LogP contribution in [0.15, 0.2) is 132 Å². The zero-order valence-corrected chi connectivity index (χ0v) is 22.2. The molecule has 5 nitrogen and oxygen atoms in total. The fourth-order valence-corrected chi connectivity index (χ4v) is 4.65. The van der Waals surface area contributed by atoms with E-state index in [1.807, 2.05) is 85.8 Å². The second kappa shape index (κ2) is 12.8. The smallest absolute Gasteiger partial charge is 0.241 e. The number of sulfonamides is 1. The molecule has 0 aliphatic rings. The van der Waals surface area contributed by atoms with E-state index in [1.165, 1.54) is 0 Å². The van der Waals surface area contributed by atoms with Crippen LogP contribution in [-0.2, 0) is 15.6 Å². The molecule has 39 heavy (non-hydrogen) atoms. The van der Waals surface area contributed by atoms with E-state index in [0.29, 0.717) is 16.9 Å². The molecule has 0 aromatic heterocycles. The molecule has 0 aliphatic carbocycles. The molecule has 0 bridgehead atoms. The van der Waals surface area contributed by atoms with E-state index in [4.69, 9.17) is 4.74 Å². The number of aryl methyl sites for hydroxylation is 1. The fourth-order valence-electron chi connectivity index (χ4n) is 3.73. The lowest BCUT2D eigenvalue weighted by molar-refractivity contribution is 0.131. The molecule has 2 N–H and O–H groups in total. The number of nitrogens with one attached hydrogen (secondary N) is 1. The molecule has 4 aromatic rings. The van der Waals surface area contributed by atoms with E-state index in [9.17, 15) is 13.5 Å². The van der Waals surface area contributed by atoms with Gasteiger partial charge < -0.3 is 9.84 Å². The van der Waals surface area contributed by atoms with Crippen molar-refractivity contribution in [1.82, 2.24) is 4.72 Å². The molecule has 0 radical (unpaired) electrons. The Balaban J connectivity index is 1.62. The van der Waals surface area contributed by atoms with Crippen molar-refractivity contribution in [3.63, 3.8) is 0 Å². The van der Waals surface area contributed by atoms with E-state index in [-0.39, 0.29) is 17.2 Å². The van der Waals surface area contributed by atoms with Crippen molar-refractivity contribution in [3.05, 3.63) is 144 Å². The minimum Gasteiger partial charge on any atom is -0.449 e. The molecule has 0 saturated heterocycles. The van der Waals surface area contributed by atoms with Crippen LogP contribution in [0.5, 0.6) is 5.75 Å². The zero-order valence-electron chi connectivity index (χ0n) is 21.3. The topological polar surface area (TPSA) is 75.6 Å². The van der Waals surface area contributed by atoms with Gasteiger partial charge in [0, 0.05) is 6.08 Å². The van der Waals surface area contributed by atoms with E-state index >= 15 is 0 Å². The van der Waals surface area contributed by atoms with Crippen LogP contribution in [0, 0.1) is 30.6 Å². The third-order valence-electron chi connectivity index (χ3n) is 5.76. The maximum Gasteiger partial charge on any atom is 0.241 e. The van der Waals surface area contributed by atoms with Gasteiger partial charge in [-0.05, 0) is 60.1 Å². The molecule has 0 fully saturated rings. The Hall–Kier alpha value is -4.59. The van der Waals surface area contributed by atoms with Crippen LogP contribution in [0.1, 0.15) is 16.7 Å². The molecule has 0 unspecified atom stereocenters. The average molecular weight is 534 g/mol. The van der Waals surface area contributed by atoms with Crippen molar-refractivity contribution < 1.29 is 18.3 Å². The second-order valence-electron chi connectivity index (χ2n) is 8.61. The fraction of sp³-hybridized carbons (Fsp3) is 0.0909. The lowest BCUT2D eigenvalue weighted by Gasteiger charge is -2.26. The summed E-state index contributed by atoms with van der Waals surface area (Å²) in [5.74, 6) is 11.7. The van der Waals surface area contributed by atoms with Gasteiger partial charge in [-0.25, -0.2) is 8.42 Å². The number of allylic oxidation sites excluding steroid dienone is 1. The van der Waals surface area contributed by atoms with Crippen molar-refractivity contribution in [3.8, 4) is 29.4 Å². The molecule has 0 atom stereocenters. The molecular weight excluding hydrogens is 506 g/mol. The van der Waals surface area contributed by atoms with E-state index in [2.05, 4.69) is 28.4 Å². The minimum atomic E-state index is -3.68.